The first-order chi connectivity index (χ1) is 9.58. The van der Waals surface area contributed by atoms with Crippen LogP contribution in [0.3, 0.4) is 0 Å². The molecule has 1 amide bonds. The molecule has 0 saturated carbocycles. The summed E-state index contributed by atoms with van der Waals surface area (Å²) in [5, 5.41) is 6.46. The summed E-state index contributed by atoms with van der Waals surface area (Å²) in [6.07, 6.45) is 3.98. The number of hydrogen-bond donors (Lipinski definition) is 2. The van der Waals surface area contributed by atoms with Gasteiger partial charge in [-0.1, -0.05) is 18.5 Å². The number of aromatic nitrogens is 1. The van der Waals surface area contributed by atoms with Crippen LogP contribution < -0.4 is 10.6 Å². The van der Waals surface area contributed by atoms with Crippen LogP contribution in [0.1, 0.15) is 37.2 Å². The fraction of sp³-hybridized carbons (Fsp3) is 0.571. The van der Waals surface area contributed by atoms with Crippen molar-refractivity contribution in [2.45, 2.75) is 32.7 Å². The number of rotatable bonds is 8. The Kier molecular flexibility index (Phi) is 7.77. The van der Waals surface area contributed by atoms with E-state index in [4.69, 9.17) is 11.6 Å². The zero-order valence-electron chi connectivity index (χ0n) is 12.2. The Morgan fingerprint density at radius 2 is 2.25 bits per heavy atom. The molecule has 2 N–H and O–H groups in total. The van der Waals surface area contributed by atoms with E-state index in [9.17, 15) is 4.79 Å². The quantitative estimate of drug-likeness (QED) is 0.771. The molecule has 4 nitrogen and oxygen atoms in total. The lowest BCUT2D eigenvalue weighted by Crippen LogP contribution is -2.33. The first kappa shape index (κ1) is 17.1. The zero-order valence-corrected chi connectivity index (χ0v) is 13.8. The smallest absolute Gasteiger partial charge is 0.271 e. The normalized spacial score (nSPS) is 12.0. The van der Waals surface area contributed by atoms with Crippen molar-refractivity contribution in [1.82, 2.24) is 10.3 Å². The predicted octanol–water partition coefficient (Wildman–Crippen LogP) is 3.43. The minimum absolute atomic E-state index is 0.111. The largest absolute Gasteiger partial charge is 0.370 e. The Bertz CT molecular complexity index is 442. The summed E-state index contributed by atoms with van der Waals surface area (Å²) >= 11 is 7.82. The van der Waals surface area contributed by atoms with Crippen molar-refractivity contribution in [3.63, 3.8) is 0 Å². The summed E-state index contributed by atoms with van der Waals surface area (Å²) in [7, 11) is 0. The van der Waals surface area contributed by atoms with Crippen LogP contribution in [0.2, 0.25) is 5.02 Å². The number of nitrogens with zero attached hydrogens (tertiary/aromatic N) is 1. The number of hydrogen-bond acceptors (Lipinski definition) is 4. The summed E-state index contributed by atoms with van der Waals surface area (Å²) in [6, 6.07) is 3.60. The molecule has 0 aliphatic carbocycles. The lowest BCUT2D eigenvalue weighted by atomic mass is 10.2. The molecule has 0 aliphatic rings. The van der Waals surface area contributed by atoms with Crippen molar-refractivity contribution in [3.8, 4) is 0 Å². The van der Waals surface area contributed by atoms with Gasteiger partial charge in [-0.15, -0.1) is 0 Å². The van der Waals surface area contributed by atoms with Gasteiger partial charge in [0.15, 0.2) is 0 Å². The first-order valence-corrected chi connectivity index (χ1v) is 8.55. The van der Waals surface area contributed by atoms with E-state index in [0.717, 1.165) is 25.1 Å². The lowest BCUT2D eigenvalue weighted by Gasteiger charge is -2.14. The fourth-order valence-corrected chi connectivity index (χ4v) is 2.39. The monoisotopic (exact) mass is 315 g/mol. The van der Waals surface area contributed by atoms with E-state index < -0.39 is 0 Å². The molecule has 0 bridgehead atoms. The molecular formula is C14H22ClN3OS. The third kappa shape index (κ3) is 5.59. The van der Waals surface area contributed by atoms with Gasteiger partial charge in [0.05, 0.1) is 5.02 Å². The van der Waals surface area contributed by atoms with Crippen LogP contribution >= 0.6 is 23.4 Å². The average Bonchev–Trinajstić information content (AvgIpc) is 2.44. The van der Waals surface area contributed by atoms with E-state index in [0.29, 0.717) is 10.8 Å². The molecule has 112 valence electrons. The van der Waals surface area contributed by atoms with E-state index in [1.54, 1.807) is 23.9 Å². The number of anilines is 1. The molecule has 0 aromatic carbocycles. The highest BCUT2D eigenvalue weighted by Gasteiger charge is 2.15. The second kappa shape index (κ2) is 9.08. The minimum Gasteiger partial charge on any atom is -0.370 e. The average molecular weight is 316 g/mol. The summed E-state index contributed by atoms with van der Waals surface area (Å²) in [4.78, 5) is 16.5. The predicted molar refractivity (Wildman–Crippen MR) is 88.0 cm³/mol. The maximum absolute atomic E-state index is 12.2. The van der Waals surface area contributed by atoms with Gasteiger partial charge in [0, 0.05) is 12.6 Å². The second-order valence-electron chi connectivity index (χ2n) is 4.61. The van der Waals surface area contributed by atoms with Gasteiger partial charge in [0.25, 0.3) is 5.91 Å². The molecule has 1 aromatic heterocycles. The van der Waals surface area contributed by atoms with Gasteiger partial charge < -0.3 is 10.6 Å². The van der Waals surface area contributed by atoms with E-state index >= 15 is 0 Å². The summed E-state index contributed by atoms with van der Waals surface area (Å²) in [6.45, 7) is 4.88. The SMILES string of the molecule is CCCNc1ccc(Cl)c(C(=O)NC(C)CCSC)n1. The Morgan fingerprint density at radius 1 is 1.50 bits per heavy atom. The third-order valence-electron chi connectivity index (χ3n) is 2.75. The summed E-state index contributed by atoms with van der Waals surface area (Å²) < 4.78 is 0. The van der Waals surface area contributed by atoms with Crippen molar-refractivity contribution in [2.75, 3.05) is 23.9 Å². The molecule has 1 unspecified atom stereocenters. The van der Waals surface area contributed by atoms with Crippen molar-refractivity contribution < 1.29 is 4.79 Å². The van der Waals surface area contributed by atoms with Crippen LogP contribution in [0.15, 0.2) is 12.1 Å². The molecule has 1 heterocycles. The molecule has 0 spiro atoms. The standard InChI is InChI=1S/C14H22ClN3OS/c1-4-8-16-12-6-5-11(15)13(18-12)14(19)17-10(2)7-9-20-3/h5-6,10H,4,7-9H2,1-3H3,(H,16,18)(H,17,19). The zero-order chi connectivity index (χ0) is 15.0. The summed E-state index contributed by atoms with van der Waals surface area (Å²) in [5.41, 5.74) is 0.281. The van der Waals surface area contributed by atoms with Crippen molar-refractivity contribution in [3.05, 3.63) is 22.8 Å². The Balaban J connectivity index is 2.70. The Labute approximate surface area is 130 Å². The number of amides is 1. The lowest BCUT2D eigenvalue weighted by molar-refractivity contribution is 0.0935. The summed E-state index contributed by atoms with van der Waals surface area (Å²) in [5.74, 6) is 1.47. The second-order valence-corrected chi connectivity index (χ2v) is 6.00. The maximum atomic E-state index is 12.2. The highest BCUT2D eigenvalue weighted by Crippen LogP contribution is 2.17. The highest BCUT2D eigenvalue weighted by atomic mass is 35.5. The molecule has 1 aromatic rings. The molecule has 6 heteroatoms. The van der Waals surface area contributed by atoms with Crippen molar-refractivity contribution in [2.24, 2.45) is 0 Å². The topological polar surface area (TPSA) is 54.0 Å². The van der Waals surface area contributed by atoms with Gasteiger partial charge in [0.2, 0.25) is 0 Å². The Morgan fingerprint density at radius 3 is 2.90 bits per heavy atom. The number of carbonyl (C=O) groups excluding carboxylic acids is 1. The van der Waals surface area contributed by atoms with Gasteiger partial charge >= 0.3 is 0 Å². The molecule has 0 fully saturated rings. The van der Waals surface area contributed by atoms with Crippen molar-refractivity contribution >= 4 is 35.1 Å². The number of nitrogens with one attached hydrogen (secondary N) is 2. The number of thioether (sulfide) groups is 1. The van der Waals surface area contributed by atoms with Crippen LogP contribution in [-0.2, 0) is 0 Å². The van der Waals surface area contributed by atoms with Crippen LogP contribution in [0, 0.1) is 0 Å². The molecule has 20 heavy (non-hydrogen) atoms. The van der Waals surface area contributed by atoms with Crippen molar-refractivity contribution in [1.29, 1.82) is 0 Å². The molecule has 0 saturated heterocycles. The first-order valence-electron chi connectivity index (χ1n) is 6.78. The number of pyridine rings is 1. The van der Waals surface area contributed by atoms with Gasteiger partial charge in [-0.05, 0) is 43.9 Å². The van der Waals surface area contributed by atoms with Gasteiger partial charge in [-0.25, -0.2) is 4.98 Å². The molecule has 0 radical (unpaired) electrons. The van der Waals surface area contributed by atoms with Gasteiger partial charge in [0.1, 0.15) is 11.5 Å². The fourth-order valence-electron chi connectivity index (χ4n) is 1.61. The molecule has 1 rings (SSSR count). The Hall–Kier alpha value is -0.940. The highest BCUT2D eigenvalue weighted by molar-refractivity contribution is 7.98. The van der Waals surface area contributed by atoms with E-state index in [-0.39, 0.29) is 17.6 Å². The van der Waals surface area contributed by atoms with Crippen LogP contribution in [-0.4, -0.2) is 35.5 Å². The van der Waals surface area contributed by atoms with Crippen LogP contribution in [0.4, 0.5) is 5.82 Å². The maximum Gasteiger partial charge on any atom is 0.271 e. The number of carbonyl (C=O) groups is 1. The van der Waals surface area contributed by atoms with Crippen LogP contribution in [0.5, 0.6) is 0 Å². The minimum atomic E-state index is -0.219. The molecule has 0 aliphatic heterocycles. The van der Waals surface area contributed by atoms with Gasteiger partial charge in [-0.3, -0.25) is 4.79 Å². The van der Waals surface area contributed by atoms with E-state index in [2.05, 4.69) is 28.8 Å². The van der Waals surface area contributed by atoms with Gasteiger partial charge in [-0.2, -0.15) is 11.8 Å². The van der Waals surface area contributed by atoms with E-state index in [1.807, 2.05) is 6.92 Å². The molecule has 1 atom stereocenters. The van der Waals surface area contributed by atoms with E-state index in [1.165, 1.54) is 0 Å². The third-order valence-corrected chi connectivity index (χ3v) is 3.70. The van der Waals surface area contributed by atoms with Crippen LogP contribution in [0.25, 0.3) is 0 Å². The number of halogens is 1. The molecular weight excluding hydrogens is 294 g/mol.